The number of likely N-dealkylation sites (tertiary alicyclic amines) is 1. The van der Waals surface area contributed by atoms with Crippen LogP contribution in [0, 0.1) is 0 Å². The van der Waals surface area contributed by atoms with E-state index in [1.54, 1.807) is 0 Å². The van der Waals surface area contributed by atoms with Gasteiger partial charge in [0, 0.05) is 23.2 Å². The summed E-state index contributed by atoms with van der Waals surface area (Å²) in [4.78, 5) is 1.98. The highest BCUT2D eigenvalue weighted by Gasteiger charge is 2.45. The maximum Gasteiger partial charge on any atom is 0.416 e. The SMILES string of the molecule is Oc1cc(C(F)(F)F)cc(Cl)c1CN1CCC[C@@H]1C(O)(c1ccccc1)c1ccccc1. The highest BCUT2D eigenvalue weighted by Crippen LogP contribution is 2.43. The van der Waals surface area contributed by atoms with Gasteiger partial charge in [-0.3, -0.25) is 4.90 Å². The number of phenols is 1. The fraction of sp³-hybridized carbons (Fsp3) is 0.280. The molecule has 3 aromatic carbocycles. The van der Waals surface area contributed by atoms with Crippen molar-refractivity contribution in [1.82, 2.24) is 4.90 Å². The molecule has 168 valence electrons. The Hall–Kier alpha value is -2.54. The van der Waals surface area contributed by atoms with E-state index in [2.05, 4.69) is 0 Å². The molecular formula is C25H23ClF3NO2. The predicted molar refractivity (Wildman–Crippen MR) is 117 cm³/mol. The summed E-state index contributed by atoms with van der Waals surface area (Å²) in [6, 6.07) is 19.9. The number of hydrogen-bond donors (Lipinski definition) is 2. The molecule has 1 aliphatic rings. The summed E-state index contributed by atoms with van der Waals surface area (Å²) < 4.78 is 39.2. The van der Waals surface area contributed by atoms with Gasteiger partial charge in [-0.15, -0.1) is 0 Å². The lowest BCUT2D eigenvalue weighted by molar-refractivity contribution is -0.137. The second kappa shape index (κ2) is 8.77. The minimum Gasteiger partial charge on any atom is -0.508 e. The van der Waals surface area contributed by atoms with Crippen molar-refractivity contribution >= 4 is 11.6 Å². The number of halogens is 4. The summed E-state index contributed by atoms with van der Waals surface area (Å²) in [6.07, 6.45) is -3.12. The van der Waals surface area contributed by atoms with Gasteiger partial charge in [0.25, 0.3) is 0 Å². The van der Waals surface area contributed by atoms with Gasteiger partial charge in [0.2, 0.25) is 0 Å². The van der Waals surface area contributed by atoms with E-state index in [9.17, 15) is 23.4 Å². The van der Waals surface area contributed by atoms with E-state index in [1.807, 2.05) is 65.6 Å². The lowest BCUT2D eigenvalue weighted by Crippen LogP contribution is -2.48. The van der Waals surface area contributed by atoms with Crippen LogP contribution in [0.4, 0.5) is 13.2 Å². The molecule has 0 bridgehead atoms. The number of rotatable bonds is 5. The lowest BCUT2D eigenvalue weighted by atomic mass is 9.79. The van der Waals surface area contributed by atoms with Gasteiger partial charge in [-0.2, -0.15) is 13.2 Å². The molecule has 7 heteroatoms. The molecule has 1 heterocycles. The van der Waals surface area contributed by atoms with Gasteiger partial charge >= 0.3 is 6.18 Å². The van der Waals surface area contributed by atoms with Gasteiger partial charge in [0.05, 0.1) is 5.56 Å². The second-order valence-corrected chi connectivity index (χ2v) is 8.49. The van der Waals surface area contributed by atoms with E-state index in [-0.39, 0.29) is 23.2 Å². The predicted octanol–water partition coefficient (Wildman–Crippen LogP) is 5.96. The first-order valence-electron chi connectivity index (χ1n) is 10.4. The van der Waals surface area contributed by atoms with Crippen LogP contribution < -0.4 is 0 Å². The van der Waals surface area contributed by atoms with Crippen LogP contribution in [-0.2, 0) is 18.3 Å². The first-order valence-corrected chi connectivity index (χ1v) is 10.7. The van der Waals surface area contributed by atoms with Gasteiger partial charge < -0.3 is 10.2 Å². The normalized spacial score (nSPS) is 17.6. The maximum atomic E-state index is 13.1. The summed E-state index contributed by atoms with van der Waals surface area (Å²) in [6.45, 7) is 0.735. The summed E-state index contributed by atoms with van der Waals surface area (Å²) >= 11 is 6.17. The Bertz CT molecular complexity index is 1010. The molecule has 0 amide bonds. The topological polar surface area (TPSA) is 43.7 Å². The Morgan fingerprint density at radius 3 is 1.97 bits per heavy atom. The zero-order chi connectivity index (χ0) is 22.9. The quantitative estimate of drug-likeness (QED) is 0.492. The van der Waals surface area contributed by atoms with Gasteiger partial charge in [0.1, 0.15) is 11.4 Å². The minimum atomic E-state index is -4.60. The molecule has 1 aliphatic heterocycles. The van der Waals surface area contributed by atoms with Crippen molar-refractivity contribution in [1.29, 1.82) is 0 Å². The van der Waals surface area contributed by atoms with Crippen LogP contribution in [-0.4, -0.2) is 27.7 Å². The molecule has 0 unspecified atom stereocenters. The summed E-state index contributed by atoms with van der Waals surface area (Å²) in [7, 11) is 0. The molecule has 32 heavy (non-hydrogen) atoms. The van der Waals surface area contributed by atoms with E-state index < -0.39 is 23.1 Å². The molecule has 4 rings (SSSR count). The molecule has 0 spiro atoms. The lowest BCUT2D eigenvalue weighted by Gasteiger charge is -2.40. The van der Waals surface area contributed by atoms with Crippen molar-refractivity contribution < 1.29 is 23.4 Å². The van der Waals surface area contributed by atoms with Crippen LogP contribution in [0.15, 0.2) is 72.8 Å². The largest absolute Gasteiger partial charge is 0.508 e. The van der Waals surface area contributed by atoms with Gasteiger partial charge in [-0.25, -0.2) is 0 Å². The Kier molecular flexibility index (Phi) is 6.21. The smallest absolute Gasteiger partial charge is 0.416 e. The number of alkyl halides is 3. The summed E-state index contributed by atoms with van der Waals surface area (Å²) in [5, 5.41) is 22.3. The highest BCUT2D eigenvalue weighted by atomic mass is 35.5. The molecule has 0 aliphatic carbocycles. The molecule has 2 N–H and O–H groups in total. The average molecular weight is 462 g/mol. The number of hydrogen-bond acceptors (Lipinski definition) is 3. The zero-order valence-corrected chi connectivity index (χ0v) is 17.9. The number of nitrogens with zero attached hydrogens (tertiary/aromatic N) is 1. The van der Waals surface area contributed by atoms with Crippen molar-refractivity contribution in [2.45, 2.75) is 37.2 Å². The van der Waals surface area contributed by atoms with Crippen LogP contribution in [0.2, 0.25) is 5.02 Å². The Balaban J connectivity index is 1.73. The number of aliphatic hydroxyl groups is 1. The Morgan fingerprint density at radius 1 is 0.906 bits per heavy atom. The van der Waals surface area contributed by atoms with Crippen LogP contribution in [0.25, 0.3) is 0 Å². The third-order valence-electron chi connectivity index (χ3n) is 6.13. The van der Waals surface area contributed by atoms with Crippen molar-refractivity contribution in [3.63, 3.8) is 0 Å². The number of aromatic hydroxyl groups is 1. The fourth-order valence-corrected chi connectivity index (χ4v) is 4.84. The molecule has 0 radical (unpaired) electrons. The van der Waals surface area contributed by atoms with Gasteiger partial charge in [-0.1, -0.05) is 72.3 Å². The van der Waals surface area contributed by atoms with Crippen molar-refractivity contribution in [3.8, 4) is 5.75 Å². The summed E-state index contributed by atoms with van der Waals surface area (Å²) in [5.74, 6) is -0.501. The van der Waals surface area contributed by atoms with E-state index >= 15 is 0 Å². The van der Waals surface area contributed by atoms with E-state index in [1.165, 1.54) is 0 Å². The number of phenolic OH excluding ortho intramolecular Hbond substituents is 1. The van der Waals surface area contributed by atoms with Gasteiger partial charge in [0.15, 0.2) is 0 Å². The molecule has 1 fully saturated rings. The first kappa shape index (κ1) is 22.6. The molecule has 1 saturated heterocycles. The Labute approximate surface area is 189 Å². The molecule has 1 atom stereocenters. The van der Waals surface area contributed by atoms with Gasteiger partial charge in [-0.05, 0) is 42.6 Å². The van der Waals surface area contributed by atoms with Crippen molar-refractivity contribution in [2.75, 3.05) is 6.54 Å². The Morgan fingerprint density at radius 2 is 1.47 bits per heavy atom. The molecule has 3 aromatic rings. The number of benzene rings is 3. The van der Waals surface area contributed by atoms with Crippen LogP contribution >= 0.6 is 11.6 Å². The third kappa shape index (κ3) is 4.22. The van der Waals surface area contributed by atoms with Crippen LogP contribution in [0.3, 0.4) is 0 Å². The fourth-order valence-electron chi connectivity index (χ4n) is 4.57. The minimum absolute atomic E-state index is 0.120. The second-order valence-electron chi connectivity index (χ2n) is 8.08. The maximum absolute atomic E-state index is 13.1. The third-order valence-corrected chi connectivity index (χ3v) is 6.47. The molecule has 0 aromatic heterocycles. The van der Waals surface area contributed by atoms with E-state index in [4.69, 9.17) is 11.6 Å². The van der Waals surface area contributed by atoms with Crippen LogP contribution in [0.1, 0.15) is 35.1 Å². The van der Waals surface area contributed by atoms with E-state index in [0.29, 0.717) is 19.0 Å². The zero-order valence-electron chi connectivity index (χ0n) is 17.2. The highest BCUT2D eigenvalue weighted by molar-refractivity contribution is 6.31. The van der Waals surface area contributed by atoms with E-state index in [0.717, 1.165) is 23.6 Å². The molecule has 3 nitrogen and oxygen atoms in total. The average Bonchev–Trinajstić information content (AvgIpc) is 3.25. The van der Waals surface area contributed by atoms with Crippen molar-refractivity contribution in [2.24, 2.45) is 0 Å². The monoisotopic (exact) mass is 461 g/mol. The summed E-state index contributed by atoms with van der Waals surface area (Å²) in [5.41, 5.74) is -0.661. The molecule has 0 saturated carbocycles. The van der Waals surface area contributed by atoms with Crippen LogP contribution in [0.5, 0.6) is 5.75 Å². The molecular weight excluding hydrogens is 439 g/mol. The van der Waals surface area contributed by atoms with Crippen molar-refractivity contribution in [3.05, 3.63) is 100 Å². The first-order chi connectivity index (χ1) is 15.2. The standard InChI is InChI=1S/C25H23ClF3NO2/c26-21-14-19(25(27,28)29)15-22(31)20(21)16-30-13-7-12-23(30)24(32,17-8-3-1-4-9-17)18-10-5-2-6-11-18/h1-6,8-11,14-15,23,31-32H,7,12-13,16H2/t23-/m1/s1.